The van der Waals surface area contributed by atoms with Gasteiger partial charge in [0.1, 0.15) is 0 Å². The summed E-state index contributed by atoms with van der Waals surface area (Å²) in [5.41, 5.74) is -1.06. The fourth-order valence-corrected chi connectivity index (χ4v) is 8.07. The van der Waals surface area contributed by atoms with Crippen LogP contribution in [0, 0.1) is 29.6 Å². The topological polar surface area (TPSA) is 72.8 Å². The van der Waals surface area contributed by atoms with Gasteiger partial charge in [-0.2, -0.15) is 8.42 Å². The van der Waals surface area contributed by atoms with Crippen molar-refractivity contribution in [2.24, 2.45) is 29.6 Å². The largest absolute Gasteiger partial charge is 0.387 e. The van der Waals surface area contributed by atoms with Crippen LogP contribution in [0.15, 0.2) is 0 Å². The molecule has 3 rings (SSSR count). The van der Waals surface area contributed by atoms with E-state index in [-0.39, 0.29) is 24.5 Å². The van der Waals surface area contributed by atoms with Gasteiger partial charge in [-0.15, -0.1) is 0 Å². The molecule has 3 fully saturated rings. The van der Waals surface area contributed by atoms with E-state index in [2.05, 4.69) is 20.8 Å². The predicted octanol–water partition coefficient (Wildman–Crippen LogP) is 5.70. The molecule has 1 N–H and O–H groups in total. The maximum absolute atomic E-state index is 13.1. The summed E-state index contributed by atoms with van der Waals surface area (Å²) in [5, 5.41) is 11.6. The summed E-state index contributed by atoms with van der Waals surface area (Å²) >= 11 is 0. The average molecular weight is 473 g/mol. The highest BCUT2D eigenvalue weighted by Crippen LogP contribution is 2.45. The van der Waals surface area contributed by atoms with E-state index < -0.39 is 21.0 Å². The van der Waals surface area contributed by atoms with Crippen molar-refractivity contribution in [3.05, 3.63) is 0 Å². The highest BCUT2D eigenvalue weighted by atomic mass is 32.2. The Balaban J connectivity index is 1.65. The first-order valence-corrected chi connectivity index (χ1v) is 14.8. The van der Waals surface area contributed by atoms with Crippen LogP contribution in [0.2, 0.25) is 0 Å². The van der Waals surface area contributed by atoms with Gasteiger partial charge < -0.3 is 9.84 Å². The van der Waals surface area contributed by atoms with Crippen LogP contribution in [-0.4, -0.2) is 44.2 Å². The van der Waals surface area contributed by atoms with Gasteiger partial charge in [-0.05, 0) is 93.8 Å². The quantitative estimate of drug-likeness (QED) is 0.436. The monoisotopic (exact) mass is 472 g/mol. The molecule has 0 bridgehead atoms. The summed E-state index contributed by atoms with van der Waals surface area (Å²) in [6, 6.07) is 0. The van der Waals surface area contributed by atoms with Crippen molar-refractivity contribution in [3.8, 4) is 0 Å². The molecule has 2 unspecified atom stereocenters. The molecule has 5 nitrogen and oxygen atoms in total. The number of rotatable bonds is 9. The zero-order valence-corrected chi connectivity index (χ0v) is 21.7. The van der Waals surface area contributed by atoms with Gasteiger partial charge in [-0.25, -0.2) is 0 Å². The van der Waals surface area contributed by atoms with Gasteiger partial charge in [0, 0.05) is 7.11 Å². The van der Waals surface area contributed by atoms with E-state index in [4.69, 9.17) is 8.92 Å². The zero-order valence-electron chi connectivity index (χ0n) is 20.9. The summed E-state index contributed by atoms with van der Waals surface area (Å²) in [4.78, 5) is 0. The van der Waals surface area contributed by atoms with Gasteiger partial charge in [0.05, 0.1) is 23.6 Å². The maximum atomic E-state index is 13.1. The lowest BCUT2D eigenvalue weighted by Crippen LogP contribution is -2.52. The molecule has 0 amide bonds. The Kier molecular flexibility index (Phi) is 9.50. The lowest BCUT2D eigenvalue weighted by atomic mass is 9.65. The number of aliphatic hydroxyl groups is 1. The first-order chi connectivity index (χ1) is 15.2. The fourth-order valence-electron chi connectivity index (χ4n) is 6.68. The van der Waals surface area contributed by atoms with Crippen molar-refractivity contribution < 1.29 is 22.4 Å². The minimum absolute atomic E-state index is 0.0675. The third-order valence-corrected chi connectivity index (χ3v) is 11.2. The number of methoxy groups -OCH3 is 1. The minimum Gasteiger partial charge on any atom is -0.387 e. The van der Waals surface area contributed by atoms with Crippen molar-refractivity contribution in [2.45, 2.75) is 121 Å². The van der Waals surface area contributed by atoms with E-state index in [1.165, 1.54) is 0 Å². The summed E-state index contributed by atoms with van der Waals surface area (Å²) in [5.74, 6) is 2.18. The molecule has 0 aromatic rings. The lowest BCUT2D eigenvalue weighted by molar-refractivity contribution is -0.126. The molecule has 0 heterocycles. The smallest absolute Gasteiger partial charge is 0.270 e. The Morgan fingerprint density at radius 2 is 1.44 bits per heavy atom. The Labute approximate surface area is 197 Å². The molecule has 3 aliphatic rings. The van der Waals surface area contributed by atoms with Crippen LogP contribution < -0.4 is 0 Å². The van der Waals surface area contributed by atoms with Crippen LogP contribution in [0.5, 0.6) is 0 Å². The summed E-state index contributed by atoms with van der Waals surface area (Å²) < 4.78 is 37.5. The van der Waals surface area contributed by atoms with Crippen molar-refractivity contribution >= 4 is 10.1 Å². The molecular weight excluding hydrogens is 424 g/mol. The Hall–Kier alpha value is -0.170. The molecular formula is C26H48O5S. The molecule has 6 heteroatoms. The molecule has 0 spiro atoms. The number of hydrogen-bond donors (Lipinski definition) is 1. The normalized spacial score (nSPS) is 37.5. The molecule has 3 aliphatic carbocycles. The Morgan fingerprint density at radius 1 is 0.906 bits per heavy atom. The van der Waals surface area contributed by atoms with E-state index in [1.807, 2.05) is 0 Å². The van der Waals surface area contributed by atoms with Crippen LogP contribution in [0.4, 0.5) is 0 Å². The van der Waals surface area contributed by atoms with Crippen LogP contribution in [0.1, 0.15) is 104 Å². The summed E-state index contributed by atoms with van der Waals surface area (Å²) in [6.45, 7) is 6.70. The van der Waals surface area contributed by atoms with E-state index in [0.717, 1.165) is 70.6 Å². The molecule has 32 heavy (non-hydrogen) atoms. The molecule has 0 saturated heterocycles. The molecule has 0 aromatic heterocycles. The van der Waals surface area contributed by atoms with Crippen molar-refractivity contribution in [3.63, 3.8) is 0 Å². The minimum atomic E-state index is -3.66. The van der Waals surface area contributed by atoms with Gasteiger partial charge in [0.15, 0.2) is 0 Å². The first kappa shape index (κ1) is 26.4. The van der Waals surface area contributed by atoms with Crippen LogP contribution >= 0.6 is 0 Å². The third kappa shape index (κ3) is 6.28. The van der Waals surface area contributed by atoms with Crippen molar-refractivity contribution in [1.82, 2.24) is 0 Å². The molecule has 3 saturated carbocycles. The second kappa shape index (κ2) is 11.5. The SMILES string of the molecule is CCC(C)C1CCC(S(=O)(=O)OCC(O)(C2CCC(C)CC2)C2CCC(OC)CC2)CC1. The number of hydrogen-bond acceptors (Lipinski definition) is 5. The Morgan fingerprint density at radius 3 is 1.94 bits per heavy atom. The lowest BCUT2D eigenvalue weighted by Gasteiger charge is -2.46. The Bertz CT molecular complexity index is 656. The van der Waals surface area contributed by atoms with E-state index >= 15 is 0 Å². The fraction of sp³-hybridized carbons (Fsp3) is 1.00. The van der Waals surface area contributed by atoms with E-state index in [9.17, 15) is 13.5 Å². The third-order valence-electron chi connectivity index (χ3n) is 9.47. The highest BCUT2D eigenvalue weighted by molar-refractivity contribution is 7.87. The maximum Gasteiger partial charge on any atom is 0.270 e. The highest BCUT2D eigenvalue weighted by Gasteiger charge is 2.47. The molecule has 0 radical (unpaired) electrons. The van der Waals surface area contributed by atoms with E-state index in [0.29, 0.717) is 30.6 Å². The second-order valence-electron chi connectivity index (χ2n) is 11.3. The molecule has 2 atom stereocenters. The van der Waals surface area contributed by atoms with Crippen LogP contribution in [-0.2, 0) is 19.0 Å². The average Bonchev–Trinajstić information content (AvgIpc) is 2.82. The standard InChI is InChI=1S/C26H48O5S/c1-5-20(3)21-8-16-25(17-9-21)32(28,29)31-18-26(27,22-10-6-19(2)7-11-22)23-12-14-24(30-4)15-13-23/h19-25,27H,5-18H2,1-4H3. The van der Waals surface area contributed by atoms with Crippen molar-refractivity contribution in [1.29, 1.82) is 0 Å². The number of ether oxygens (including phenoxy) is 1. The predicted molar refractivity (Wildman–Crippen MR) is 129 cm³/mol. The summed E-state index contributed by atoms with van der Waals surface area (Å²) in [7, 11) is -1.91. The van der Waals surface area contributed by atoms with Gasteiger partial charge in [-0.3, -0.25) is 4.18 Å². The van der Waals surface area contributed by atoms with Gasteiger partial charge in [0.2, 0.25) is 0 Å². The molecule has 0 aliphatic heterocycles. The zero-order chi connectivity index (χ0) is 23.4. The van der Waals surface area contributed by atoms with E-state index in [1.54, 1.807) is 7.11 Å². The van der Waals surface area contributed by atoms with Gasteiger partial charge in [0.25, 0.3) is 10.1 Å². The van der Waals surface area contributed by atoms with Crippen molar-refractivity contribution in [2.75, 3.05) is 13.7 Å². The molecule has 188 valence electrons. The van der Waals surface area contributed by atoms with Gasteiger partial charge >= 0.3 is 0 Å². The second-order valence-corrected chi connectivity index (χ2v) is 13.2. The molecule has 0 aromatic carbocycles. The van der Waals surface area contributed by atoms with Crippen LogP contribution in [0.3, 0.4) is 0 Å². The summed E-state index contributed by atoms with van der Waals surface area (Å²) in [6.07, 6.45) is 12.5. The van der Waals surface area contributed by atoms with Crippen LogP contribution in [0.25, 0.3) is 0 Å². The van der Waals surface area contributed by atoms with Gasteiger partial charge in [-0.1, -0.05) is 40.0 Å². The first-order valence-electron chi connectivity index (χ1n) is 13.3.